The third-order valence-electron chi connectivity index (χ3n) is 4.49. The predicted molar refractivity (Wildman–Crippen MR) is 92.0 cm³/mol. The van der Waals surface area contributed by atoms with Gasteiger partial charge in [0.15, 0.2) is 5.69 Å². The Balaban J connectivity index is 1.66. The number of aromatic nitrogens is 2. The maximum absolute atomic E-state index is 12.6. The predicted octanol–water partition coefficient (Wildman–Crippen LogP) is 2.73. The van der Waals surface area contributed by atoms with E-state index in [1.807, 2.05) is 30.3 Å². The number of nitrogens with one attached hydrogen (secondary N) is 2. The molecule has 4 rings (SSSR count). The van der Waals surface area contributed by atoms with Gasteiger partial charge in [-0.05, 0) is 42.5 Å². The molecule has 1 aliphatic rings. The van der Waals surface area contributed by atoms with Crippen molar-refractivity contribution in [3.63, 3.8) is 0 Å². The van der Waals surface area contributed by atoms with Gasteiger partial charge < -0.3 is 10.3 Å². The van der Waals surface area contributed by atoms with Gasteiger partial charge >= 0.3 is 0 Å². The lowest BCUT2D eigenvalue weighted by molar-refractivity contribution is 0.0926. The number of nitrogens with zero attached hydrogens (tertiary/aromatic N) is 1. The van der Waals surface area contributed by atoms with E-state index in [1.165, 1.54) is 5.56 Å². The minimum Gasteiger partial charge on any atom is -0.344 e. The second-order valence-electron chi connectivity index (χ2n) is 6.05. The first kappa shape index (κ1) is 14.6. The van der Waals surface area contributed by atoms with Crippen LogP contribution in [0.5, 0.6) is 0 Å². The normalized spacial score (nSPS) is 16.6. The Labute approximate surface area is 138 Å². The smallest absolute Gasteiger partial charge is 0.280 e. The van der Waals surface area contributed by atoms with Crippen molar-refractivity contribution in [1.82, 2.24) is 15.3 Å². The number of fused-ring (bicyclic) bond motifs is 2. The maximum Gasteiger partial charge on any atom is 0.280 e. The number of hydrogen-bond acceptors (Lipinski definition) is 3. The first-order valence-electron chi connectivity index (χ1n) is 8.10. The summed E-state index contributed by atoms with van der Waals surface area (Å²) in [6.45, 7) is 0. The molecule has 0 spiro atoms. The Morgan fingerprint density at radius 2 is 1.92 bits per heavy atom. The molecule has 2 aromatic carbocycles. The summed E-state index contributed by atoms with van der Waals surface area (Å²) in [5.41, 5.74) is 3.07. The highest BCUT2D eigenvalue weighted by molar-refractivity contribution is 5.94. The van der Waals surface area contributed by atoms with Crippen LogP contribution in [-0.4, -0.2) is 15.9 Å². The van der Waals surface area contributed by atoms with E-state index in [0.717, 1.165) is 24.8 Å². The maximum atomic E-state index is 12.6. The first-order chi connectivity index (χ1) is 11.7. The molecule has 1 atom stereocenters. The summed E-state index contributed by atoms with van der Waals surface area (Å²) in [7, 11) is 0. The molecule has 5 nitrogen and oxygen atoms in total. The van der Waals surface area contributed by atoms with Crippen LogP contribution in [0.4, 0.5) is 0 Å². The number of hydrogen-bond donors (Lipinski definition) is 2. The summed E-state index contributed by atoms with van der Waals surface area (Å²) in [6.07, 6.45) is 2.91. The van der Waals surface area contributed by atoms with E-state index in [4.69, 9.17) is 0 Å². The number of H-pyrrole nitrogens is 1. The van der Waals surface area contributed by atoms with Crippen molar-refractivity contribution in [2.75, 3.05) is 0 Å². The van der Waals surface area contributed by atoms with E-state index in [0.29, 0.717) is 11.0 Å². The Bertz CT molecular complexity index is 978. The van der Waals surface area contributed by atoms with Gasteiger partial charge in [-0.15, -0.1) is 0 Å². The molecule has 1 amide bonds. The van der Waals surface area contributed by atoms with E-state index in [2.05, 4.69) is 21.4 Å². The summed E-state index contributed by atoms with van der Waals surface area (Å²) >= 11 is 0. The fourth-order valence-electron chi connectivity index (χ4n) is 3.31. The average molecular weight is 319 g/mol. The molecule has 24 heavy (non-hydrogen) atoms. The number of benzene rings is 2. The largest absolute Gasteiger partial charge is 0.344 e. The highest BCUT2D eigenvalue weighted by Gasteiger charge is 2.23. The van der Waals surface area contributed by atoms with Crippen LogP contribution in [0, 0.1) is 0 Å². The van der Waals surface area contributed by atoms with Crippen molar-refractivity contribution in [3.8, 4) is 0 Å². The number of aryl methyl sites for hydroxylation is 1. The van der Waals surface area contributed by atoms with Crippen LogP contribution in [0.1, 0.15) is 40.5 Å². The van der Waals surface area contributed by atoms with Gasteiger partial charge in [0.05, 0.1) is 17.1 Å². The fraction of sp³-hybridized carbons (Fsp3) is 0.211. The summed E-state index contributed by atoms with van der Waals surface area (Å²) in [5.74, 6) is -0.427. The van der Waals surface area contributed by atoms with Crippen LogP contribution in [0.25, 0.3) is 11.0 Å². The van der Waals surface area contributed by atoms with Gasteiger partial charge in [-0.25, -0.2) is 4.98 Å². The Kier molecular flexibility index (Phi) is 3.61. The van der Waals surface area contributed by atoms with Crippen molar-refractivity contribution >= 4 is 16.9 Å². The minimum absolute atomic E-state index is 0.0740. The average Bonchev–Trinajstić information content (AvgIpc) is 2.61. The molecule has 1 unspecified atom stereocenters. The van der Waals surface area contributed by atoms with Crippen LogP contribution in [0.15, 0.2) is 53.3 Å². The molecule has 5 heteroatoms. The number of rotatable bonds is 2. The van der Waals surface area contributed by atoms with Gasteiger partial charge in [0.1, 0.15) is 0 Å². The van der Waals surface area contributed by atoms with Crippen molar-refractivity contribution in [2.45, 2.75) is 25.3 Å². The number of carbonyl (C=O) groups excluding carboxylic acids is 1. The second-order valence-corrected chi connectivity index (χ2v) is 6.05. The van der Waals surface area contributed by atoms with E-state index < -0.39 is 11.5 Å². The van der Waals surface area contributed by atoms with Gasteiger partial charge in [0.25, 0.3) is 11.5 Å². The highest BCUT2D eigenvalue weighted by atomic mass is 16.2. The topological polar surface area (TPSA) is 74.8 Å². The van der Waals surface area contributed by atoms with Crippen molar-refractivity contribution in [2.24, 2.45) is 0 Å². The summed E-state index contributed by atoms with van der Waals surface area (Å²) in [4.78, 5) is 31.7. The molecule has 1 aliphatic carbocycles. The molecule has 0 radical (unpaired) electrons. The molecule has 1 heterocycles. The Morgan fingerprint density at radius 3 is 2.83 bits per heavy atom. The molecule has 120 valence electrons. The monoisotopic (exact) mass is 319 g/mol. The van der Waals surface area contributed by atoms with E-state index in [-0.39, 0.29) is 11.7 Å². The third kappa shape index (κ3) is 2.58. The summed E-state index contributed by atoms with van der Waals surface area (Å²) < 4.78 is 0. The lowest BCUT2D eigenvalue weighted by Crippen LogP contribution is -2.35. The minimum atomic E-state index is -0.463. The van der Waals surface area contributed by atoms with Crippen LogP contribution in [-0.2, 0) is 6.42 Å². The van der Waals surface area contributed by atoms with Gasteiger partial charge in [-0.3, -0.25) is 9.59 Å². The summed E-state index contributed by atoms with van der Waals surface area (Å²) in [6, 6.07) is 15.2. The Morgan fingerprint density at radius 1 is 1.12 bits per heavy atom. The summed E-state index contributed by atoms with van der Waals surface area (Å²) in [5, 5.41) is 2.98. The second kappa shape index (κ2) is 5.92. The molecule has 0 saturated heterocycles. The van der Waals surface area contributed by atoms with E-state index in [1.54, 1.807) is 12.1 Å². The zero-order valence-corrected chi connectivity index (χ0v) is 13.1. The molecule has 3 aromatic rings. The van der Waals surface area contributed by atoms with E-state index in [9.17, 15) is 9.59 Å². The molecule has 0 fully saturated rings. The third-order valence-corrected chi connectivity index (χ3v) is 4.49. The van der Waals surface area contributed by atoms with Crippen LogP contribution < -0.4 is 10.9 Å². The molecular formula is C19H17N3O2. The molecule has 1 aromatic heterocycles. The number of para-hydroxylation sites is 2. The van der Waals surface area contributed by atoms with Crippen LogP contribution >= 0.6 is 0 Å². The molecule has 0 aliphatic heterocycles. The van der Waals surface area contributed by atoms with Gasteiger partial charge in [-0.2, -0.15) is 0 Å². The van der Waals surface area contributed by atoms with Crippen LogP contribution in [0.2, 0.25) is 0 Å². The quantitative estimate of drug-likeness (QED) is 0.762. The van der Waals surface area contributed by atoms with Crippen molar-refractivity contribution < 1.29 is 4.79 Å². The Hall–Kier alpha value is -2.95. The van der Waals surface area contributed by atoms with Crippen molar-refractivity contribution in [1.29, 1.82) is 0 Å². The highest BCUT2D eigenvalue weighted by Crippen LogP contribution is 2.29. The lowest BCUT2D eigenvalue weighted by atomic mass is 9.87. The lowest BCUT2D eigenvalue weighted by Gasteiger charge is -2.26. The number of aromatic amines is 1. The number of carbonyl (C=O) groups is 1. The molecule has 2 N–H and O–H groups in total. The van der Waals surface area contributed by atoms with E-state index >= 15 is 0 Å². The SMILES string of the molecule is O=C(NC1CCCc2ccccc21)c1nc2ccccc2[nH]c1=O. The van der Waals surface area contributed by atoms with Crippen LogP contribution in [0.3, 0.4) is 0 Å². The van der Waals surface area contributed by atoms with Gasteiger partial charge in [-0.1, -0.05) is 36.4 Å². The molecule has 0 bridgehead atoms. The van der Waals surface area contributed by atoms with Crippen molar-refractivity contribution in [3.05, 3.63) is 75.7 Å². The van der Waals surface area contributed by atoms with Gasteiger partial charge in [0.2, 0.25) is 0 Å². The first-order valence-corrected chi connectivity index (χ1v) is 8.10. The fourth-order valence-corrected chi connectivity index (χ4v) is 3.31. The molecule has 0 saturated carbocycles. The zero-order chi connectivity index (χ0) is 16.5. The standard InChI is InChI=1S/C19H17N3O2/c23-18(17-19(24)22-16-10-4-3-9-15(16)20-17)21-14-11-5-7-12-6-1-2-8-13(12)14/h1-4,6,8-10,14H,5,7,11H2,(H,21,23)(H,22,24). The zero-order valence-electron chi connectivity index (χ0n) is 13.1. The van der Waals surface area contributed by atoms with Gasteiger partial charge in [0, 0.05) is 0 Å². The number of amides is 1. The molecular weight excluding hydrogens is 302 g/mol.